The summed E-state index contributed by atoms with van der Waals surface area (Å²) < 4.78 is 10.7. The fourth-order valence-electron chi connectivity index (χ4n) is 3.82. The molecular formula is C23H25N3O5. The number of rotatable bonds is 6. The molecule has 0 radical (unpaired) electrons. The summed E-state index contributed by atoms with van der Waals surface area (Å²) in [6.07, 6.45) is 1.54. The van der Waals surface area contributed by atoms with Crippen LogP contribution in [0.15, 0.2) is 42.5 Å². The Morgan fingerprint density at radius 3 is 2.39 bits per heavy atom. The number of hydrogen-bond donors (Lipinski definition) is 2. The number of ketones is 1. The summed E-state index contributed by atoms with van der Waals surface area (Å²) in [4.78, 5) is 38.9. The molecule has 31 heavy (non-hydrogen) atoms. The summed E-state index contributed by atoms with van der Waals surface area (Å²) in [5, 5.41) is 5.89. The fraction of sp³-hybridized carbons (Fsp3) is 0.348. The number of Topliss-reactive ketones (excluding diaryl/α,β-unsaturated/α-hetero) is 1. The minimum Gasteiger partial charge on any atom is -0.454 e. The molecule has 2 N–H and O–H groups in total. The van der Waals surface area contributed by atoms with Gasteiger partial charge in [0.25, 0.3) is 5.91 Å². The summed E-state index contributed by atoms with van der Waals surface area (Å²) >= 11 is 0. The topological polar surface area (TPSA) is 97.0 Å². The van der Waals surface area contributed by atoms with Gasteiger partial charge >= 0.3 is 0 Å². The third-order valence-electron chi connectivity index (χ3n) is 5.49. The maximum absolute atomic E-state index is 12.6. The Kier molecular flexibility index (Phi) is 6.18. The maximum atomic E-state index is 12.6. The number of carbonyl (C=O) groups is 3. The van der Waals surface area contributed by atoms with Gasteiger partial charge in [0.05, 0.1) is 12.2 Å². The number of fused-ring (bicyclic) bond motifs is 1. The molecule has 1 fully saturated rings. The van der Waals surface area contributed by atoms with E-state index in [1.54, 1.807) is 24.3 Å². The van der Waals surface area contributed by atoms with E-state index < -0.39 is 0 Å². The van der Waals surface area contributed by atoms with E-state index in [1.807, 2.05) is 23.1 Å². The SMILES string of the molecule is CC(=O)c1cc2c(cc1NC(=O)CN1CCC(NC(=O)c3ccccc3)CC1)OCO2. The van der Waals surface area contributed by atoms with Gasteiger partial charge in [-0.1, -0.05) is 18.2 Å². The van der Waals surface area contributed by atoms with Crippen molar-refractivity contribution in [3.05, 3.63) is 53.6 Å². The molecular weight excluding hydrogens is 398 g/mol. The number of nitrogens with one attached hydrogen (secondary N) is 2. The van der Waals surface area contributed by atoms with Crippen molar-refractivity contribution in [3.63, 3.8) is 0 Å². The van der Waals surface area contributed by atoms with E-state index in [1.165, 1.54) is 6.92 Å². The van der Waals surface area contributed by atoms with Crippen LogP contribution in [0.25, 0.3) is 0 Å². The summed E-state index contributed by atoms with van der Waals surface area (Å²) in [5.74, 6) is 0.575. The highest BCUT2D eigenvalue weighted by atomic mass is 16.7. The summed E-state index contributed by atoms with van der Waals surface area (Å²) in [6.45, 7) is 3.16. The zero-order valence-electron chi connectivity index (χ0n) is 17.3. The van der Waals surface area contributed by atoms with Crippen LogP contribution in [-0.4, -0.2) is 55.0 Å². The maximum Gasteiger partial charge on any atom is 0.251 e. The third-order valence-corrected chi connectivity index (χ3v) is 5.49. The van der Waals surface area contributed by atoms with Crippen molar-refractivity contribution in [2.75, 3.05) is 31.7 Å². The van der Waals surface area contributed by atoms with Crippen molar-refractivity contribution in [2.24, 2.45) is 0 Å². The van der Waals surface area contributed by atoms with Crippen LogP contribution >= 0.6 is 0 Å². The first-order valence-electron chi connectivity index (χ1n) is 10.3. The highest BCUT2D eigenvalue weighted by Crippen LogP contribution is 2.37. The third kappa shape index (κ3) is 5.03. The lowest BCUT2D eigenvalue weighted by Gasteiger charge is -2.31. The lowest BCUT2D eigenvalue weighted by Crippen LogP contribution is -2.46. The van der Waals surface area contributed by atoms with Crippen LogP contribution in [0, 0.1) is 0 Å². The molecule has 0 aromatic heterocycles. The Labute approximate surface area is 180 Å². The number of likely N-dealkylation sites (tertiary alicyclic amines) is 1. The van der Waals surface area contributed by atoms with Crippen LogP contribution in [0.2, 0.25) is 0 Å². The Morgan fingerprint density at radius 1 is 1.03 bits per heavy atom. The molecule has 2 aromatic carbocycles. The van der Waals surface area contributed by atoms with Crippen LogP contribution in [0.4, 0.5) is 5.69 Å². The Morgan fingerprint density at radius 2 is 1.71 bits per heavy atom. The molecule has 0 bridgehead atoms. The molecule has 0 aliphatic carbocycles. The van der Waals surface area contributed by atoms with Crippen molar-refractivity contribution >= 4 is 23.3 Å². The molecule has 2 aliphatic rings. The molecule has 2 heterocycles. The van der Waals surface area contributed by atoms with Gasteiger partial charge < -0.3 is 20.1 Å². The predicted molar refractivity (Wildman–Crippen MR) is 115 cm³/mol. The van der Waals surface area contributed by atoms with E-state index in [4.69, 9.17) is 9.47 Å². The first kappa shape index (κ1) is 20.9. The number of nitrogens with zero attached hydrogens (tertiary/aromatic N) is 1. The van der Waals surface area contributed by atoms with E-state index in [2.05, 4.69) is 10.6 Å². The van der Waals surface area contributed by atoms with Gasteiger partial charge in [-0.3, -0.25) is 19.3 Å². The van der Waals surface area contributed by atoms with Crippen LogP contribution in [-0.2, 0) is 4.79 Å². The Balaban J connectivity index is 1.29. The lowest BCUT2D eigenvalue weighted by atomic mass is 10.0. The van der Waals surface area contributed by atoms with Gasteiger partial charge in [-0.25, -0.2) is 0 Å². The minimum atomic E-state index is -0.201. The average Bonchev–Trinajstić information content (AvgIpc) is 3.22. The number of amides is 2. The molecule has 2 amide bonds. The largest absolute Gasteiger partial charge is 0.454 e. The molecule has 0 unspecified atom stereocenters. The van der Waals surface area contributed by atoms with Gasteiger partial charge in [0.15, 0.2) is 17.3 Å². The molecule has 0 saturated carbocycles. The smallest absolute Gasteiger partial charge is 0.251 e. The Hall–Kier alpha value is -3.39. The number of ether oxygens (including phenoxy) is 2. The zero-order valence-corrected chi connectivity index (χ0v) is 17.3. The minimum absolute atomic E-state index is 0.0728. The van der Waals surface area contributed by atoms with Crippen molar-refractivity contribution in [2.45, 2.75) is 25.8 Å². The van der Waals surface area contributed by atoms with Crippen molar-refractivity contribution in [1.29, 1.82) is 0 Å². The lowest BCUT2D eigenvalue weighted by molar-refractivity contribution is -0.117. The number of benzene rings is 2. The summed E-state index contributed by atoms with van der Waals surface area (Å²) in [6, 6.07) is 12.5. The average molecular weight is 423 g/mol. The monoisotopic (exact) mass is 423 g/mol. The molecule has 2 aliphatic heterocycles. The van der Waals surface area contributed by atoms with Crippen LogP contribution < -0.4 is 20.1 Å². The van der Waals surface area contributed by atoms with E-state index in [0.717, 1.165) is 12.8 Å². The zero-order chi connectivity index (χ0) is 21.8. The molecule has 0 spiro atoms. The van der Waals surface area contributed by atoms with E-state index >= 15 is 0 Å². The molecule has 162 valence electrons. The first-order chi connectivity index (χ1) is 15.0. The standard InChI is InChI=1S/C23H25N3O5/c1-15(27)18-11-20-21(31-14-30-20)12-19(18)25-22(28)13-26-9-7-17(8-10-26)24-23(29)16-5-3-2-4-6-16/h2-6,11-12,17H,7-10,13-14H2,1H3,(H,24,29)(H,25,28). The van der Waals surface area contributed by atoms with Gasteiger partial charge in [-0.15, -0.1) is 0 Å². The summed E-state index contributed by atoms with van der Waals surface area (Å²) in [5.41, 5.74) is 1.46. The van der Waals surface area contributed by atoms with Crippen LogP contribution in [0.1, 0.15) is 40.5 Å². The van der Waals surface area contributed by atoms with Crippen LogP contribution in [0.3, 0.4) is 0 Å². The molecule has 8 nitrogen and oxygen atoms in total. The van der Waals surface area contributed by atoms with Gasteiger partial charge in [0.2, 0.25) is 12.7 Å². The van der Waals surface area contributed by atoms with E-state index in [9.17, 15) is 14.4 Å². The predicted octanol–water partition coefficient (Wildman–Crippen LogP) is 2.45. The number of piperidine rings is 1. The second-order valence-corrected chi connectivity index (χ2v) is 7.75. The number of carbonyl (C=O) groups excluding carboxylic acids is 3. The molecule has 8 heteroatoms. The second kappa shape index (κ2) is 9.18. The van der Waals surface area contributed by atoms with E-state index in [-0.39, 0.29) is 37.0 Å². The molecule has 4 rings (SSSR count). The van der Waals surface area contributed by atoms with Gasteiger partial charge in [0, 0.05) is 36.3 Å². The Bertz CT molecular complexity index is 984. The van der Waals surface area contributed by atoms with Gasteiger partial charge in [-0.2, -0.15) is 0 Å². The molecule has 0 atom stereocenters. The first-order valence-corrected chi connectivity index (χ1v) is 10.3. The number of anilines is 1. The molecule has 2 aromatic rings. The van der Waals surface area contributed by atoms with Gasteiger partial charge in [0.1, 0.15) is 0 Å². The highest BCUT2D eigenvalue weighted by molar-refractivity contribution is 6.05. The quantitative estimate of drug-likeness (QED) is 0.693. The molecule has 1 saturated heterocycles. The van der Waals surface area contributed by atoms with Gasteiger partial charge in [-0.05, 0) is 38.0 Å². The van der Waals surface area contributed by atoms with Crippen molar-refractivity contribution in [3.8, 4) is 11.5 Å². The fourth-order valence-corrected chi connectivity index (χ4v) is 3.82. The second-order valence-electron chi connectivity index (χ2n) is 7.75. The van der Waals surface area contributed by atoms with Crippen molar-refractivity contribution in [1.82, 2.24) is 10.2 Å². The van der Waals surface area contributed by atoms with Crippen LogP contribution in [0.5, 0.6) is 11.5 Å². The highest BCUT2D eigenvalue weighted by Gasteiger charge is 2.24. The van der Waals surface area contributed by atoms with E-state index in [0.29, 0.717) is 41.4 Å². The van der Waals surface area contributed by atoms with Crippen molar-refractivity contribution < 1.29 is 23.9 Å². The number of hydrogen-bond acceptors (Lipinski definition) is 6. The summed E-state index contributed by atoms with van der Waals surface area (Å²) in [7, 11) is 0. The normalized spacial score (nSPS) is 16.0.